The van der Waals surface area contributed by atoms with E-state index in [4.69, 9.17) is 4.74 Å². The molecule has 2 atom stereocenters. The highest BCUT2D eigenvalue weighted by atomic mass is 16.5. The van der Waals surface area contributed by atoms with Crippen molar-refractivity contribution >= 4 is 16.9 Å². The average Bonchev–Trinajstić information content (AvgIpc) is 2.80. The zero-order chi connectivity index (χ0) is 14.0. The van der Waals surface area contributed by atoms with Crippen LogP contribution in [-0.4, -0.2) is 16.6 Å². The van der Waals surface area contributed by atoms with Gasteiger partial charge in [-0.05, 0) is 50.8 Å². The van der Waals surface area contributed by atoms with Crippen LogP contribution in [0.3, 0.4) is 0 Å². The first-order chi connectivity index (χ1) is 9.02. The second-order valence-electron chi connectivity index (χ2n) is 5.12. The van der Waals surface area contributed by atoms with Crippen molar-refractivity contribution in [3.8, 4) is 0 Å². The number of benzene rings is 1. The largest absolute Gasteiger partial charge is 0.461 e. The van der Waals surface area contributed by atoms with Crippen molar-refractivity contribution in [1.82, 2.24) is 4.57 Å². The van der Waals surface area contributed by atoms with Crippen LogP contribution in [0.4, 0.5) is 0 Å². The Labute approximate surface area is 114 Å². The molecule has 3 nitrogen and oxygen atoms in total. The molecule has 1 heterocycles. The number of nitrogens with zero attached hydrogens (tertiary/aromatic N) is 1. The molecule has 1 aromatic carbocycles. The number of aromatic nitrogens is 1. The van der Waals surface area contributed by atoms with Crippen LogP contribution in [0, 0.1) is 6.92 Å². The van der Waals surface area contributed by atoms with E-state index < -0.39 is 0 Å². The minimum atomic E-state index is -0.297. The highest BCUT2D eigenvalue weighted by Gasteiger charge is 2.19. The second-order valence-corrected chi connectivity index (χ2v) is 5.12. The van der Waals surface area contributed by atoms with E-state index in [-0.39, 0.29) is 18.1 Å². The molecule has 0 saturated carbocycles. The maximum atomic E-state index is 12.1. The molecule has 3 heteroatoms. The van der Waals surface area contributed by atoms with E-state index in [0.717, 1.165) is 17.3 Å². The van der Waals surface area contributed by atoms with Gasteiger partial charge in [0.25, 0.3) is 0 Å². The van der Waals surface area contributed by atoms with Crippen LogP contribution >= 0.6 is 0 Å². The molecule has 0 fully saturated rings. The summed E-state index contributed by atoms with van der Waals surface area (Å²) < 4.78 is 7.37. The number of aryl methyl sites for hydroxylation is 1. The lowest BCUT2D eigenvalue weighted by Gasteiger charge is -2.17. The minimum Gasteiger partial charge on any atom is -0.461 e. The average molecular weight is 259 g/mol. The molecule has 0 amide bonds. The molecule has 0 aliphatic heterocycles. The number of hydrogen-bond acceptors (Lipinski definition) is 2. The zero-order valence-corrected chi connectivity index (χ0v) is 12.0. The van der Waals surface area contributed by atoms with E-state index in [1.165, 1.54) is 5.56 Å². The second kappa shape index (κ2) is 5.47. The van der Waals surface area contributed by atoms with Crippen molar-refractivity contribution in [2.45, 2.75) is 46.3 Å². The first kappa shape index (κ1) is 13.7. The molecular weight excluding hydrogens is 238 g/mol. The number of carbonyl (C=O) groups is 1. The maximum absolute atomic E-state index is 12.1. The number of hydrogen-bond donors (Lipinski definition) is 0. The Morgan fingerprint density at radius 2 is 2.05 bits per heavy atom. The third-order valence-corrected chi connectivity index (χ3v) is 3.53. The van der Waals surface area contributed by atoms with Crippen LogP contribution in [0.25, 0.3) is 10.9 Å². The van der Waals surface area contributed by atoms with Crippen molar-refractivity contribution in [1.29, 1.82) is 0 Å². The fourth-order valence-electron chi connectivity index (χ4n) is 2.11. The van der Waals surface area contributed by atoms with E-state index >= 15 is 0 Å². The van der Waals surface area contributed by atoms with Gasteiger partial charge in [-0.25, -0.2) is 4.79 Å². The standard InChI is InChI=1S/C16H21NO2/c1-5-12(3)19-16(18)13(4)17-9-8-14-10-11(2)6-7-15(14)17/h6-10,12-13H,5H2,1-4H3. The molecule has 0 bridgehead atoms. The summed E-state index contributed by atoms with van der Waals surface area (Å²) in [5.41, 5.74) is 2.29. The summed E-state index contributed by atoms with van der Waals surface area (Å²) in [6.45, 7) is 7.87. The molecule has 1 aromatic heterocycles. The van der Waals surface area contributed by atoms with E-state index in [9.17, 15) is 4.79 Å². The summed E-state index contributed by atoms with van der Waals surface area (Å²) in [6, 6.07) is 7.98. The van der Waals surface area contributed by atoms with Crippen molar-refractivity contribution in [2.24, 2.45) is 0 Å². The summed E-state index contributed by atoms with van der Waals surface area (Å²) in [5, 5.41) is 1.16. The molecule has 19 heavy (non-hydrogen) atoms. The lowest BCUT2D eigenvalue weighted by Crippen LogP contribution is -2.22. The quantitative estimate of drug-likeness (QED) is 0.781. The van der Waals surface area contributed by atoms with Gasteiger partial charge in [0.05, 0.1) is 6.10 Å². The molecule has 0 radical (unpaired) electrons. The Bertz CT molecular complexity index is 585. The predicted octanol–water partition coefficient (Wildman–Crippen LogP) is 3.85. The number of rotatable bonds is 4. The summed E-state index contributed by atoms with van der Waals surface area (Å²) in [6.07, 6.45) is 2.76. The number of ether oxygens (including phenoxy) is 1. The van der Waals surface area contributed by atoms with E-state index in [2.05, 4.69) is 25.1 Å². The number of carbonyl (C=O) groups excluding carboxylic acids is 1. The molecule has 102 valence electrons. The van der Waals surface area contributed by atoms with Crippen molar-refractivity contribution in [3.05, 3.63) is 36.0 Å². The molecule has 2 aromatic rings. The zero-order valence-electron chi connectivity index (χ0n) is 12.0. The van der Waals surface area contributed by atoms with Crippen LogP contribution in [-0.2, 0) is 9.53 Å². The smallest absolute Gasteiger partial charge is 0.329 e. The van der Waals surface area contributed by atoms with E-state index in [1.54, 1.807) is 0 Å². The fraction of sp³-hybridized carbons (Fsp3) is 0.438. The topological polar surface area (TPSA) is 31.2 Å². The van der Waals surface area contributed by atoms with Crippen molar-refractivity contribution in [3.63, 3.8) is 0 Å². The van der Waals surface area contributed by atoms with Crippen LogP contribution in [0.2, 0.25) is 0 Å². The molecule has 0 aliphatic rings. The van der Waals surface area contributed by atoms with Gasteiger partial charge in [-0.2, -0.15) is 0 Å². The molecular formula is C16H21NO2. The molecule has 2 rings (SSSR count). The van der Waals surface area contributed by atoms with Crippen LogP contribution in [0.15, 0.2) is 30.5 Å². The van der Waals surface area contributed by atoms with Gasteiger partial charge < -0.3 is 9.30 Å². The van der Waals surface area contributed by atoms with Crippen molar-refractivity contribution in [2.75, 3.05) is 0 Å². The first-order valence-electron chi connectivity index (χ1n) is 6.80. The summed E-state index contributed by atoms with van der Waals surface area (Å²) >= 11 is 0. The monoisotopic (exact) mass is 259 g/mol. The van der Waals surface area contributed by atoms with Gasteiger partial charge in [0.1, 0.15) is 6.04 Å². The highest BCUT2D eigenvalue weighted by molar-refractivity contribution is 5.84. The highest BCUT2D eigenvalue weighted by Crippen LogP contribution is 2.22. The normalized spacial score (nSPS) is 14.3. The summed E-state index contributed by atoms with van der Waals surface area (Å²) in [5.74, 6) is -0.174. The van der Waals surface area contributed by atoms with Crippen molar-refractivity contribution < 1.29 is 9.53 Å². The van der Waals surface area contributed by atoms with Gasteiger partial charge >= 0.3 is 5.97 Å². The molecule has 0 saturated heterocycles. The fourth-order valence-corrected chi connectivity index (χ4v) is 2.11. The number of esters is 1. The molecule has 0 spiro atoms. The van der Waals surface area contributed by atoms with Gasteiger partial charge in [0.2, 0.25) is 0 Å². The lowest BCUT2D eigenvalue weighted by atomic mass is 10.2. The Kier molecular flexibility index (Phi) is 3.93. The van der Waals surface area contributed by atoms with E-state index in [0.29, 0.717) is 0 Å². The third-order valence-electron chi connectivity index (χ3n) is 3.53. The van der Waals surface area contributed by atoms with Gasteiger partial charge in [-0.1, -0.05) is 18.6 Å². The summed E-state index contributed by atoms with van der Waals surface area (Å²) in [4.78, 5) is 12.1. The SMILES string of the molecule is CCC(C)OC(=O)C(C)n1ccc2cc(C)ccc21. The molecule has 2 unspecified atom stereocenters. The van der Waals surface area contributed by atoms with Gasteiger partial charge in [0, 0.05) is 11.7 Å². The van der Waals surface area contributed by atoms with Crippen LogP contribution in [0.1, 0.15) is 38.8 Å². The Morgan fingerprint density at radius 3 is 2.74 bits per heavy atom. The molecule has 0 N–H and O–H groups in total. The number of fused-ring (bicyclic) bond motifs is 1. The summed E-state index contributed by atoms with van der Waals surface area (Å²) in [7, 11) is 0. The maximum Gasteiger partial charge on any atom is 0.329 e. The first-order valence-corrected chi connectivity index (χ1v) is 6.80. The van der Waals surface area contributed by atoms with Gasteiger partial charge in [-0.15, -0.1) is 0 Å². The van der Waals surface area contributed by atoms with Gasteiger partial charge in [-0.3, -0.25) is 0 Å². The Morgan fingerprint density at radius 1 is 1.32 bits per heavy atom. The molecule has 0 aliphatic carbocycles. The van der Waals surface area contributed by atoms with Gasteiger partial charge in [0.15, 0.2) is 0 Å². The third kappa shape index (κ3) is 2.80. The van der Waals surface area contributed by atoms with Crippen LogP contribution < -0.4 is 0 Å². The van der Waals surface area contributed by atoms with Crippen LogP contribution in [0.5, 0.6) is 0 Å². The van der Waals surface area contributed by atoms with E-state index in [1.807, 2.05) is 37.6 Å². The Balaban J connectivity index is 2.26. The Hall–Kier alpha value is -1.77. The minimum absolute atomic E-state index is 0.0287. The predicted molar refractivity (Wildman–Crippen MR) is 77.2 cm³/mol. The lowest BCUT2D eigenvalue weighted by molar-refractivity contribution is -0.151.